The van der Waals surface area contributed by atoms with E-state index in [0.29, 0.717) is 6.04 Å². The minimum Gasteiger partial charge on any atom is -0.343 e. The van der Waals surface area contributed by atoms with Gasteiger partial charge in [0.1, 0.15) is 0 Å². The summed E-state index contributed by atoms with van der Waals surface area (Å²) in [7, 11) is 0. The minimum atomic E-state index is 0.549. The first-order valence-electron chi connectivity index (χ1n) is 11.8. The lowest BCUT2D eigenvalue weighted by molar-refractivity contribution is 0.173. The molecule has 2 nitrogen and oxygen atoms in total. The highest BCUT2D eigenvalue weighted by molar-refractivity contribution is 5.87. The average molecular weight is 407 g/mol. The Morgan fingerprint density at radius 3 is 2.48 bits per heavy atom. The third-order valence-corrected chi connectivity index (χ3v) is 7.30. The molecule has 4 aromatic rings. The molecule has 0 radical (unpaired) electrons. The number of rotatable bonds is 3. The van der Waals surface area contributed by atoms with Gasteiger partial charge in [0.2, 0.25) is 0 Å². The Labute approximate surface area is 185 Å². The first-order chi connectivity index (χ1) is 15.3. The summed E-state index contributed by atoms with van der Waals surface area (Å²) in [6.45, 7) is 5.59. The first-order valence-corrected chi connectivity index (χ1v) is 11.8. The van der Waals surface area contributed by atoms with Crippen molar-refractivity contribution in [2.45, 2.75) is 51.7 Å². The fourth-order valence-electron chi connectivity index (χ4n) is 5.85. The second-order valence-electron chi connectivity index (χ2n) is 9.33. The van der Waals surface area contributed by atoms with E-state index in [4.69, 9.17) is 0 Å². The molecule has 1 atom stereocenters. The molecule has 0 unspecified atom stereocenters. The zero-order valence-corrected chi connectivity index (χ0v) is 18.3. The first kappa shape index (κ1) is 18.9. The summed E-state index contributed by atoms with van der Waals surface area (Å²) in [6.07, 6.45) is 5.04. The van der Waals surface area contributed by atoms with Crippen LogP contribution in [0.2, 0.25) is 0 Å². The van der Waals surface area contributed by atoms with E-state index in [1.54, 1.807) is 11.3 Å². The SMILES string of the molecule is Cc1ccc2c(c1)c1c3n2CCCN(Cc2ccc(-c4ccccc4)cc2)[C@@H]3CCC1. The minimum absolute atomic E-state index is 0.549. The molecule has 0 N–H and O–H groups in total. The maximum atomic E-state index is 2.75. The van der Waals surface area contributed by atoms with Crippen molar-refractivity contribution in [3.8, 4) is 11.1 Å². The third kappa shape index (κ3) is 3.30. The van der Waals surface area contributed by atoms with Crippen molar-refractivity contribution in [2.75, 3.05) is 6.54 Å². The molecule has 6 rings (SSSR count). The fourth-order valence-corrected chi connectivity index (χ4v) is 5.85. The number of hydrogen-bond acceptors (Lipinski definition) is 1. The Kier molecular flexibility index (Phi) is 4.69. The number of nitrogens with zero attached hydrogens (tertiary/aromatic N) is 2. The molecule has 2 aliphatic rings. The predicted octanol–water partition coefficient (Wildman–Crippen LogP) is 6.90. The number of hydrogen-bond donors (Lipinski definition) is 0. The Balaban J connectivity index is 1.33. The molecule has 0 amide bonds. The van der Waals surface area contributed by atoms with Crippen LogP contribution in [0, 0.1) is 6.92 Å². The quantitative estimate of drug-likeness (QED) is 0.359. The van der Waals surface area contributed by atoms with Crippen LogP contribution in [0.3, 0.4) is 0 Å². The van der Waals surface area contributed by atoms with Gasteiger partial charge in [-0.1, -0.05) is 66.2 Å². The van der Waals surface area contributed by atoms with Gasteiger partial charge in [-0.25, -0.2) is 0 Å². The van der Waals surface area contributed by atoms with E-state index in [2.05, 4.69) is 89.2 Å². The molecule has 1 aliphatic carbocycles. The molecule has 0 spiro atoms. The number of benzene rings is 3. The van der Waals surface area contributed by atoms with E-state index in [9.17, 15) is 0 Å². The van der Waals surface area contributed by atoms with Crippen LogP contribution < -0.4 is 0 Å². The van der Waals surface area contributed by atoms with Crippen molar-refractivity contribution in [1.82, 2.24) is 9.47 Å². The van der Waals surface area contributed by atoms with E-state index < -0.39 is 0 Å². The highest BCUT2D eigenvalue weighted by atomic mass is 15.2. The van der Waals surface area contributed by atoms with Crippen molar-refractivity contribution in [1.29, 1.82) is 0 Å². The summed E-state index contributed by atoms with van der Waals surface area (Å²) in [4.78, 5) is 2.75. The van der Waals surface area contributed by atoms with Gasteiger partial charge in [0.05, 0.1) is 6.04 Å². The normalized spacial score (nSPS) is 18.7. The van der Waals surface area contributed by atoms with E-state index >= 15 is 0 Å². The van der Waals surface area contributed by atoms with Gasteiger partial charge in [0.15, 0.2) is 0 Å². The molecular weight excluding hydrogens is 376 g/mol. The lowest BCUT2D eigenvalue weighted by Gasteiger charge is -2.33. The number of aromatic nitrogens is 1. The van der Waals surface area contributed by atoms with Gasteiger partial charge in [-0.15, -0.1) is 0 Å². The van der Waals surface area contributed by atoms with E-state index in [1.165, 1.54) is 65.4 Å². The van der Waals surface area contributed by atoms with Gasteiger partial charge in [-0.3, -0.25) is 4.90 Å². The van der Waals surface area contributed by atoms with Gasteiger partial charge >= 0.3 is 0 Å². The van der Waals surface area contributed by atoms with Crippen molar-refractivity contribution in [2.24, 2.45) is 0 Å². The Morgan fingerprint density at radius 2 is 1.65 bits per heavy atom. The average Bonchev–Trinajstić information content (AvgIpc) is 3.00. The molecular formula is C29H30N2. The van der Waals surface area contributed by atoms with Crippen molar-refractivity contribution in [3.05, 3.63) is 95.2 Å². The second-order valence-corrected chi connectivity index (χ2v) is 9.33. The molecule has 0 bridgehead atoms. The summed E-state index contributed by atoms with van der Waals surface area (Å²) < 4.78 is 2.66. The standard InChI is InChI=1S/C29H30N2/c1-21-11-16-27-26(19-21)25-9-5-10-28-29(25)31(27)18-6-17-30(28)20-22-12-14-24(15-13-22)23-7-3-2-4-8-23/h2-4,7-8,11-16,19,28H,5-6,9-10,17-18,20H2,1H3/t28-/m1/s1. The molecule has 31 heavy (non-hydrogen) atoms. The molecule has 0 fully saturated rings. The number of fused-ring (bicyclic) bond motifs is 3. The molecule has 1 aromatic heterocycles. The Hall–Kier alpha value is -2.84. The molecule has 1 aliphatic heterocycles. The predicted molar refractivity (Wildman–Crippen MR) is 129 cm³/mol. The topological polar surface area (TPSA) is 8.17 Å². The van der Waals surface area contributed by atoms with E-state index in [0.717, 1.165) is 13.1 Å². The smallest absolute Gasteiger partial charge is 0.0507 e. The number of aryl methyl sites for hydroxylation is 3. The molecule has 2 heterocycles. The van der Waals surface area contributed by atoms with Gasteiger partial charge in [-0.05, 0) is 67.0 Å². The third-order valence-electron chi connectivity index (χ3n) is 7.30. The zero-order valence-electron chi connectivity index (χ0n) is 18.3. The van der Waals surface area contributed by atoms with E-state index in [1.807, 2.05) is 0 Å². The van der Waals surface area contributed by atoms with Crippen LogP contribution in [0.5, 0.6) is 0 Å². The van der Waals surface area contributed by atoms with Crippen molar-refractivity contribution >= 4 is 10.9 Å². The van der Waals surface area contributed by atoms with Crippen LogP contribution in [0.1, 0.15) is 47.7 Å². The highest BCUT2D eigenvalue weighted by Gasteiger charge is 2.33. The molecule has 156 valence electrons. The zero-order chi connectivity index (χ0) is 20.8. The van der Waals surface area contributed by atoms with Crippen molar-refractivity contribution < 1.29 is 0 Å². The van der Waals surface area contributed by atoms with Gasteiger partial charge in [0.25, 0.3) is 0 Å². The van der Waals surface area contributed by atoms with Gasteiger partial charge in [-0.2, -0.15) is 0 Å². The summed E-state index contributed by atoms with van der Waals surface area (Å²) >= 11 is 0. The van der Waals surface area contributed by atoms with Crippen LogP contribution in [-0.4, -0.2) is 16.0 Å². The van der Waals surface area contributed by atoms with Gasteiger partial charge in [0, 0.05) is 36.2 Å². The molecule has 3 aromatic carbocycles. The lowest BCUT2D eigenvalue weighted by atomic mass is 9.90. The lowest BCUT2D eigenvalue weighted by Crippen LogP contribution is -2.31. The molecule has 0 saturated heterocycles. The largest absolute Gasteiger partial charge is 0.343 e. The Morgan fingerprint density at radius 1 is 0.839 bits per heavy atom. The maximum absolute atomic E-state index is 2.75. The second kappa shape index (κ2) is 7.69. The van der Waals surface area contributed by atoms with Crippen LogP contribution in [0.4, 0.5) is 0 Å². The monoisotopic (exact) mass is 406 g/mol. The van der Waals surface area contributed by atoms with E-state index in [-0.39, 0.29) is 0 Å². The van der Waals surface area contributed by atoms with Crippen LogP contribution in [-0.2, 0) is 19.5 Å². The molecule has 2 heteroatoms. The van der Waals surface area contributed by atoms with Crippen LogP contribution >= 0.6 is 0 Å². The summed E-state index contributed by atoms with van der Waals surface area (Å²) in [5.74, 6) is 0. The highest BCUT2D eigenvalue weighted by Crippen LogP contribution is 2.42. The summed E-state index contributed by atoms with van der Waals surface area (Å²) in [6, 6.07) is 27.5. The fraction of sp³-hybridized carbons (Fsp3) is 0.310. The van der Waals surface area contributed by atoms with Crippen LogP contribution in [0.15, 0.2) is 72.8 Å². The van der Waals surface area contributed by atoms with Crippen LogP contribution in [0.25, 0.3) is 22.0 Å². The van der Waals surface area contributed by atoms with Gasteiger partial charge < -0.3 is 4.57 Å². The van der Waals surface area contributed by atoms with Crippen molar-refractivity contribution in [3.63, 3.8) is 0 Å². The Bertz CT molecular complexity index is 1210. The summed E-state index contributed by atoms with van der Waals surface area (Å²) in [5.41, 5.74) is 10.1. The summed E-state index contributed by atoms with van der Waals surface area (Å²) in [5, 5.41) is 1.51. The maximum Gasteiger partial charge on any atom is 0.0507 e. The molecule has 0 saturated carbocycles.